The third kappa shape index (κ3) is 4.12. The van der Waals surface area contributed by atoms with E-state index in [-0.39, 0.29) is 36.6 Å². The number of nitrogens with zero attached hydrogens (tertiary/aromatic N) is 1. The zero-order valence-electron chi connectivity index (χ0n) is 8.08. The summed E-state index contributed by atoms with van der Waals surface area (Å²) in [4.78, 5) is 4.24. The quantitative estimate of drug-likeness (QED) is 0.658. The Morgan fingerprint density at radius 3 is 2.85 bits per heavy atom. The topological polar surface area (TPSA) is 56.6 Å². The van der Waals surface area contributed by atoms with Crippen molar-refractivity contribution in [2.75, 3.05) is 13.2 Å². The van der Waals surface area contributed by atoms with Crippen molar-refractivity contribution in [2.24, 2.45) is 4.99 Å². The van der Waals surface area contributed by atoms with E-state index in [1.165, 1.54) is 0 Å². The first-order valence-electron chi connectivity index (χ1n) is 4.44. The van der Waals surface area contributed by atoms with Crippen LogP contribution >= 0.6 is 24.0 Å². The number of aliphatic imine (C=N–C) groups is 1. The van der Waals surface area contributed by atoms with Crippen LogP contribution < -0.4 is 10.6 Å². The Labute approximate surface area is 96.2 Å². The summed E-state index contributed by atoms with van der Waals surface area (Å²) < 4.78 is 0. The molecule has 13 heavy (non-hydrogen) atoms. The van der Waals surface area contributed by atoms with Crippen molar-refractivity contribution < 1.29 is 5.11 Å². The van der Waals surface area contributed by atoms with Crippen LogP contribution in [0.3, 0.4) is 0 Å². The predicted octanol–water partition coefficient (Wildman–Crippen LogP) is 0.313. The number of aliphatic hydroxyl groups is 1. The van der Waals surface area contributed by atoms with E-state index in [9.17, 15) is 0 Å². The normalized spacial score (nSPS) is 22.7. The maximum Gasteiger partial charge on any atom is 0.191 e. The standard InChI is InChI=1S/C8H17N3O.HI/c1-3-7(5-12)11-8-9-4-6(2)10-8;/h6-7,12H,3-5H2,1-2H3,(H2,9,10,11);1H/t6?,7-;/m1./s1. The van der Waals surface area contributed by atoms with Gasteiger partial charge in [0.1, 0.15) is 0 Å². The number of halogens is 1. The van der Waals surface area contributed by atoms with Gasteiger partial charge in [-0.3, -0.25) is 4.99 Å². The van der Waals surface area contributed by atoms with Crippen molar-refractivity contribution in [1.29, 1.82) is 0 Å². The van der Waals surface area contributed by atoms with Gasteiger partial charge < -0.3 is 15.7 Å². The highest BCUT2D eigenvalue weighted by molar-refractivity contribution is 14.0. The minimum absolute atomic E-state index is 0. The Balaban J connectivity index is 0.00000144. The van der Waals surface area contributed by atoms with Crippen LogP contribution in [-0.4, -0.2) is 36.3 Å². The van der Waals surface area contributed by atoms with Gasteiger partial charge in [0.2, 0.25) is 0 Å². The van der Waals surface area contributed by atoms with Gasteiger partial charge >= 0.3 is 0 Å². The van der Waals surface area contributed by atoms with Gasteiger partial charge in [0.05, 0.1) is 19.2 Å². The van der Waals surface area contributed by atoms with E-state index in [4.69, 9.17) is 5.11 Å². The third-order valence-electron chi connectivity index (χ3n) is 1.96. The minimum Gasteiger partial charge on any atom is -0.394 e. The average Bonchev–Trinajstić information content (AvgIpc) is 2.47. The predicted molar refractivity (Wildman–Crippen MR) is 64.6 cm³/mol. The molecule has 1 heterocycles. The molecular formula is C8H18IN3O. The highest BCUT2D eigenvalue weighted by Crippen LogP contribution is 1.95. The summed E-state index contributed by atoms with van der Waals surface area (Å²) >= 11 is 0. The minimum atomic E-state index is 0. The van der Waals surface area contributed by atoms with Crippen molar-refractivity contribution in [1.82, 2.24) is 10.6 Å². The molecule has 0 saturated heterocycles. The highest BCUT2D eigenvalue weighted by atomic mass is 127. The van der Waals surface area contributed by atoms with Crippen molar-refractivity contribution in [2.45, 2.75) is 32.4 Å². The molecule has 1 aliphatic heterocycles. The molecule has 5 heteroatoms. The Morgan fingerprint density at radius 2 is 2.46 bits per heavy atom. The van der Waals surface area contributed by atoms with Crippen molar-refractivity contribution >= 4 is 29.9 Å². The zero-order valence-corrected chi connectivity index (χ0v) is 10.4. The SMILES string of the molecule is CC[C@H](CO)NC1=NCC(C)N1.I. The van der Waals surface area contributed by atoms with Crippen LogP contribution in [0.15, 0.2) is 4.99 Å². The number of nitrogens with one attached hydrogen (secondary N) is 2. The first-order chi connectivity index (χ1) is 5.76. The van der Waals surface area contributed by atoms with Gasteiger partial charge in [-0.25, -0.2) is 0 Å². The van der Waals surface area contributed by atoms with E-state index < -0.39 is 0 Å². The van der Waals surface area contributed by atoms with Gasteiger partial charge in [-0.05, 0) is 13.3 Å². The first-order valence-corrected chi connectivity index (χ1v) is 4.44. The lowest BCUT2D eigenvalue weighted by molar-refractivity contribution is 0.252. The van der Waals surface area contributed by atoms with Crippen LogP contribution in [0.1, 0.15) is 20.3 Å². The Hall–Kier alpha value is -0.0400. The summed E-state index contributed by atoms with van der Waals surface area (Å²) in [5, 5.41) is 15.2. The molecule has 0 fully saturated rings. The molecule has 0 saturated carbocycles. The van der Waals surface area contributed by atoms with E-state index in [1.54, 1.807) is 0 Å². The van der Waals surface area contributed by atoms with Crippen molar-refractivity contribution in [3.05, 3.63) is 0 Å². The number of hydrogen-bond donors (Lipinski definition) is 3. The molecule has 0 aromatic carbocycles. The number of guanidine groups is 1. The summed E-state index contributed by atoms with van der Waals surface area (Å²) in [7, 11) is 0. The fourth-order valence-corrected chi connectivity index (χ4v) is 1.11. The molecule has 0 aromatic rings. The molecule has 1 aliphatic rings. The second-order valence-electron chi connectivity index (χ2n) is 3.17. The number of hydrogen-bond acceptors (Lipinski definition) is 4. The molecule has 0 spiro atoms. The lowest BCUT2D eigenvalue weighted by Crippen LogP contribution is -2.44. The number of aliphatic hydroxyl groups excluding tert-OH is 1. The molecule has 1 rings (SSSR count). The van der Waals surface area contributed by atoms with E-state index in [0.29, 0.717) is 6.04 Å². The fraction of sp³-hybridized carbons (Fsp3) is 0.875. The smallest absolute Gasteiger partial charge is 0.191 e. The summed E-state index contributed by atoms with van der Waals surface area (Å²) in [5.41, 5.74) is 0. The summed E-state index contributed by atoms with van der Waals surface area (Å²) in [6, 6.07) is 0.547. The van der Waals surface area contributed by atoms with Crippen LogP contribution in [0.5, 0.6) is 0 Å². The first kappa shape index (κ1) is 13.0. The van der Waals surface area contributed by atoms with E-state index in [1.807, 2.05) is 6.92 Å². The van der Waals surface area contributed by atoms with Crippen LogP contribution in [0.25, 0.3) is 0 Å². The van der Waals surface area contributed by atoms with Crippen LogP contribution in [0.4, 0.5) is 0 Å². The third-order valence-corrected chi connectivity index (χ3v) is 1.96. The molecule has 0 amide bonds. The molecule has 3 N–H and O–H groups in total. The number of rotatable bonds is 3. The van der Waals surface area contributed by atoms with E-state index >= 15 is 0 Å². The molecule has 2 atom stereocenters. The Kier molecular flexibility index (Phi) is 6.40. The zero-order chi connectivity index (χ0) is 8.97. The van der Waals surface area contributed by atoms with Crippen LogP contribution in [0.2, 0.25) is 0 Å². The second kappa shape index (κ2) is 6.42. The van der Waals surface area contributed by atoms with Gasteiger partial charge in [-0.2, -0.15) is 0 Å². The molecule has 1 unspecified atom stereocenters. The Bertz CT molecular complexity index is 171. The molecular weight excluding hydrogens is 281 g/mol. The highest BCUT2D eigenvalue weighted by Gasteiger charge is 2.14. The lowest BCUT2D eigenvalue weighted by atomic mass is 10.2. The lowest BCUT2D eigenvalue weighted by Gasteiger charge is -2.15. The molecule has 0 bridgehead atoms. The van der Waals surface area contributed by atoms with Gasteiger partial charge in [0.25, 0.3) is 0 Å². The molecule has 78 valence electrons. The summed E-state index contributed by atoms with van der Waals surface area (Å²) in [6.07, 6.45) is 0.908. The van der Waals surface area contributed by atoms with Crippen molar-refractivity contribution in [3.63, 3.8) is 0 Å². The maximum atomic E-state index is 8.91. The second-order valence-corrected chi connectivity index (χ2v) is 3.17. The maximum absolute atomic E-state index is 8.91. The Morgan fingerprint density at radius 1 is 1.77 bits per heavy atom. The largest absolute Gasteiger partial charge is 0.394 e. The van der Waals surface area contributed by atoms with Gasteiger partial charge in [0, 0.05) is 6.04 Å². The summed E-state index contributed by atoms with van der Waals surface area (Å²) in [6.45, 7) is 5.10. The van der Waals surface area contributed by atoms with E-state index in [2.05, 4.69) is 22.5 Å². The van der Waals surface area contributed by atoms with Crippen molar-refractivity contribution in [3.8, 4) is 0 Å². The fourth-order valence-electron chi connectivity index (χ4n) is 1.11. The van der Waals surface area contributed by atoms with Crippen LogP contribution in [0, 0.1) is 0 Å². The molecule has 0 aliphatic carbocycles. The molecule has 4 nitrogen and oxygen atoms in total. The monoisotopic (exact) mass is 299 g/mol. The van der Waals surface area contributed by atoms with Gasteiger partial charge in [-0.15, -0.1) is 24.0 Å². The van der Waals surface area contributed by atoms with Crippen LogP contribution in [-0.2, 0) is 0 Å². The van der Waals surface area contributed by atoms with E-state index in [0.717, 1.165) is 18.9 Å². The molecule has 0 aromatic heterocycles. The molecule has 0 radical (unpaired) electrons. The van der Waals surface area contributed by atoms with Gasteiger partial charge in [-0.1, -0.05) is 6.92 Å². The summed E-state index contributed by atoms with van der Waals surface area (Å²) in [5.74, 6) is 0.823. The van der Waals surface area contributed by atoms with Gasteiger partial charge in [0.15, 0.2) is 5.96 Å². The average molecular weight is 299 g/mol.